The van der Waals surface area contributed by atoms with Crippen LogP contribution in [0.5, 0.6) is 0 Å². The van der Waals surface area contributed by atoms with E-state index >= 15 is 0 Å². The number of hydrogen-bond donors (Lipinski definition) is 2. The van der Waals surface area contributed by atoms with E-state index in [4.69, 9.17) is 9.47 Å². The molecule has 9 nitrogen and oxygen atoms in total. The summed E-state index contributed by atoms with van der Waals surface area (Å²) in [6.07, 6.45) is 0.765. The van der Waals surface area contributed by atoms with E-state index < -0.39 is 12.2 Å². The third-order valence-electron chi connectivity index (χ3n) is 4.67. The van der Waals surface area contributed by atoms with Crippen LogP contribution in [0.2, 0.25) is 0 Å². The number of morpholine rings is 1. The smallest absolute Gasteiger partial charge is 0.414 e. The number of benzene rings is 1. The number of H-pyrrole nitrogens is 1. The Morgan fingerprint density at radius 1 is 1.14 bits per heavy atom. The molecule has 2 aromatic rings. The van der Waals surface area contributed by atoms with Crippen LogP contribution < -0.4 is 15.1 Å². The predicted octanol–water partition coefficient (Wildman–Crippen LogP) is 1.13. The quantitative estimate of drug-likeness (QED) is 0.804. The van der Waals surface area contributed by atoms with Gasteiger partial charge in [0.2, 0.25) is 0 Å². The highest BCUT2D eigenvalue weighted by Gasteiger charge is 2.32. The van der Waals surface area contributed by atoms with Crippen LogP contribution >= 0.6 is 0 Å². The number of carbonyl (C=O) groups is 3. The van der Waals surface area contributed by atoms with Crippen molar-refractivity contribution in [1.82, 2.24) is 10.3 Å². The van der Waals surface area contributed by atoms with E-state index in [1.807, 2.05) is 0 Å². The van der Waals surface area contributed by atoms with Gasteiger partial charge in [-0.15, -0.1) is 0 Å². The van der Waals surface area contributed by atoms with E-state index in [2.05, 4.69) is 10.3 Å². The standard InChI is InChI=1S/C19H20N4O5/c24-17-12-27-9-8-22(17)13-3-5-14(6-4-13)23-11-15(28-19(23)26)10-21-18(25)16-2-1-7-20-16/h1-7,15,20H,8-12H2,(H,21,25)/t15-/m0/s1. The molecule has 2 fully saturated rings. The summed E-state index contributed by atoms with van der Waals surface area (Å²) in [5.74, 6) is -0.337. The highest BCUT2D eigenvalue weighted by atomic mass is 16.6. The van der Waals surface area contributed by atoms with Gasteiger partial charge < -0.3 is 24.7 Å². The zero-order valence-corrected chi connectivity index (χ0v) is 15.1. The Morgan fingerprint density at radius 2 is 1.89 bits per heavy atom. The maximum absolute atomic E-state index is 12.2. The number of aromatic nitrogens is 1. The van der Waals surface area contributed by atoms with Gasteiger partial charge in [-0.1, -0.05) is 0 Å². The third kappa shape index (κ3) is 3.70. The largest absolute Gasteiger partial charge is 0.442 e. The number of ether oxygens (including phenoxy) is 2. The van der Waals surface area contributed by atoms with Crippen molar-refractivity contribution >= 4 is 29.3 Å². The predicted molar refractivity (Wildman–Crippen MR) is 100 cm³/mol. The van der Waals surface area contributed by atoms with E-state index in [9.17, 15) is 14.4 Å². The molecule has 146 valence electrons. The molecule has 2 aliphatic rings. The van der Waals surface area contributed by atoms with Gasteiger partial charge in [0.15, 0.2) is 0 Å². The van der Waals surface area contributed by atoms with E-state index in [-0.39, 0.29) is 25.0 Å². The number of carbonyl (C=O) groups excluding carboxylic acids is 3. The summed E-state index contributed by atoms with van der Waals surface area (Å²) in [5, 5.41) is 2.75. The molecule has 0 saturated carbocycles. The lowest BCUT2D eigenvalue weighted by atomic mass is 10.2. The first-order chi connectivity index (χ1) is 13.6. The number of aromatic amines is 1. The first-order valence-corrected chi connectivity index (χ1v) is 9.00. The highest BCUT2D eigenvalue weighted by Crippen LogP contribution is 2.25. The summed E-state index contributed by atoms with van der Waals surface area (Å²) in [7, 11) is 0. The second kappa shape index (κ2) is 7.73. The van der Waals surface area contributed by atoms with Gasteiger partial charge in [0.05, 0.1) is 19.7 Å². The molecular weight excluding hydrogens is 364 g/mol. The Balaban J connectivity index is 1.36. The van der Waals surface area contributed by atoms with Crippen LogP contribution in [-0.2, 0) is 14.3 Å². The SMILES string of the molecule is O=C(NC[C@H]1CN(c2ccc(N3CCOCC3=O)cc2)C(=O)O1)c1ccc[nH]1. The molecule has 0 radical (unpaired) electrons. The topological polar surface area (TPSA) is 104 Å². The molecule has 4 rings (SSSR count). The summed E-state index contributed by atoms with van der Waals surface area (Å²) in [6, 6.07) is 10.6. The van der Waals surface area contributed by atoms with Crippen molar-refractivity contribution in [3.63, 3.8) is 0 Å². The Morgan fingerprint density at radius 3 is 2.57 bits per heavy atom. The number of cyclic esters (lactones) is 1. The van der Waals surface area contributed by atoms with Crippen LogP contribution in [0.4, 0.5) is 16.2 Å². The van der Waals surface area contributed by atoms with Crippen molar-refractivity contribution in [2.24, 2.45) is 0 Å². The third-order valence-corrected chi connectivity index (χ3v) is 4.67. The molecule has 1 atom stereocenters. The highest BCUT2D eigenvalue weighted by molar-refractivity contribution is 5.96. The molecule has 1 aromatic carbocycles. The molecule has 0 bridgehead atoms. The van der Waals surface area contributed by atoms with E-state index in [1.165, 1.54) is 4.90 Å². The minimum Gasteiger partial charge on any atom is -0.442 e. The Bertz CT molecular complexity index is 865. The Hall–Kier alpha value is -3.33. The van der Waals surface area contributed by atoms with Gasteiger partial charge in [0.25, 0.3) is 11.8 Å². The number of amides is 3. The summed E-state index contributed by atoms with van der Waals surface area (Å²) < 4.78 is 10.5. The van der Waals surface area contributed by atoms with Crippen LogP contribution in [0.1, 0.15) is 10.5 Å². The molecule has 0 spiro atoms. The molecule has 2 saturated heterocycles. The number of rotatable bonds is 5. The van der Waals surface area contributed by atoms with Gasteiger partial charge in [-0.2, -0.15) is 0 Å². The van der Waals surface area contributed by atoms with E-state index in [1.54, 1.807) is 47.5 Å². The van der Waals surface area contributed by atoms with E-state index in [0.29, 0.717) is 31.1 Å². The Kier molecular flexibility index (Phi) is 4.98. The average Bonchev–Trinajstić information content (AvgIpc) is 3.37. The zero-order chi connectivity index (χ0) is 19.5. The van der Waals surface area contributed by atoms with Crippen molar-refractivity contribution in [1.29, 1.82) is 0 Å². The summed E-state index contributed by atoms with van der Waals surface area (Å²) >= 11 is 0. The number of nitrogens with one attached hydrogen (secondary N) is 2. The fourth-order valence-electron chi connectivity index (χ4n) is 3.22. The van der Waals surface area contributed by atoms with Crippen molar-refractivity contribution < 1.29 is 23.9 Å². The van der Waals surface area contributed by atoms with Gasteiger partial charge in [-0.25, -0.2) is 4.79 Å². The monoisotopic (exact) mass is 384 g/mol. The minimum absolute atomic E-state index is 0.0795. The van der Waals surface area contributed by atoms with Gasteiger partial charge >= 0.3 is 6.09 Å². The van der Waals surface area contributed by atoms with Gasteiger partial charge in [-0.05, 0) is 36.4 Å². The molecular formula is C19H20N4O5. The average molecular weight is 384 g/mol. The number of anilines is 2. The van der Waals surface area contributed by atoms with E-state index in [0.717, 1.165) is 5.69 Å². The van der Waals surface area contributed by atoms with Crippen LogP contribution in [0.3, 0.4) is 0 Å². The second-order valence-corrected chi connectivity index (χ2v) is 6.52. The van der Waals surface area contributed by atoms with Gasteiger partial charge in [0, 0.05) is 24.1 Å². The molecule has 2 aliphatic heterocycles. The van der Waals surface area contributed by atoms with Crippen molar-refractivity contribution in [2.45, 2.75) is 6.10 Å². The minimum atomic E-state index is -0.464. The summed E-state index contributed by atoms with van der Waals surface area (Å²) in [4.78, 5) is 42.1. The number of hydrogen-bond acceptors (Lipinski definition) is 5. The van der Waals surface area contributed by atoms with Crippen molar-refractivity contribution in [2.75, 3.05) is 42.6 Å². The lowest BCUT2D eigenvalue weighted by Crippen LogP contribution is -2.41. The lowest BCUT2D eigenvalue weighted by Gasteiger charge is -2.27. The molecule has 2 N–H and O–H groups in total. The van der Waals surface area contributed by atoms with Gasteiger partial charge in [0.1, 0.15) is 18.4 Å². The van der Waals surface area contributed by atoms with Crippen LogP contribution in [0, 0.1) is 0 Å². The van der Waals surface area contributed by atoms with Crippen LogP contribution in [0.15, 0.2) is 42.6 Å². The lowest BCUT2D eigenvalue weighted by molar-refractivity contribution is -0.125. The first kappa shape index (κ1) is 18.1. The van der Waals surface area contributed by atoms with Crippen LogP contribution in [0.25, 0.3) is 0 Å². The maximum atomic E-state index is 12.2. The first-order valence-electron chi connectivity index (χ1n) is 9.00. The van der Waals surface area contributed by atoms with Crippen molar-refractivity contribution in [3.05, 3.63) is 48.3 Å². The summed E-state index contributed by atoms with van der Waals surface area (Å²) in [6.45, 7) is 1.64. The van der Waals surface area contributed by atoms with Crippen molar-refractivity contribution in [3.8, 4) is 0 Å². The van der Waals surface area contributed by atoms with Gasteiger partial charge in [-0.3, -0.25) is 14.5 Å². The molecule has 1 aromatic heterocycles. The molecule has 3 amide bonds. The summed E-state index contributed by atoms with van der Waals surface area (Å²) in [5.41, 5.74) is 1.89. The maximum Gasteiger partial charge on any atom is 0.414 e. The molecule has 28 heavy (non-hydrogen) atoms. The van der Waals surface area contributed by atoms with Crippen LogP contribution in [-0.4, -0.2) is 61.8 Å². The Labute approximate surface area is 161 Å². The molecule has 0 unspecified atom stereocenters. The fourth-order valence-corrected chi connectivity index (χ4v) is 3.22. The number of nitrogens with zero attached hydrogens (tertiary/aromatic N) is 2. The molecule has 0 aliphatic carbocycles. The fraction of sp³-hybridized carbons (Fsp3) is 0.316. The second-order valence-electron chi connectivity index (χ2n) is 6.52. The molecule has 9 heteroatoms. The molecule has 3 heterocycles. The normalized spacial score (nSPS) is 19.6. The zero-order valence-electron chi connectivity index (χ0n) is 15.1.